The van der Waals surface area contributed by atoms with Crippen molar-refractivity contribution in [3.8, 4) is 11.8 Å². The van der Waals surface area contributed by atoms with Crippen molar-refractivity contribution < 1.29 is 20.1 Å². The fraction of sp³-hybridized carbons (Fsp3) is 0.500. The van der Waals surface area contributed by atoms with Crippen LogP contribution in [0.4, 0.5) is 0 Å². The molecule has 1 unspecified atom stereocenters. The van der Waals surface area contributed by atoms with E-state index < -0.39 is 36.3 Å². The van der Waals surface area contributed by atoms with E-state index in [4.69, 9.17) is 14.9 Å². The second-order valence-corrected chi connectivity index (χ2v) is 4.28. The van der Waals surface area contributed by atoms with Crippen LogP contribution in [-0.4, -0.2) is 50.3 Å². The van der Waals surface area contributed by atoms with E-state index in [-0.39, 0.29) is 18.6 Å². The number of aliphatic hydroxyl groups excluding tert-OH is 3. The minimum absolute atomic E-state index is 0.00388. The predicted molar refractivity (Wildman–Crippen MR) is 66.9 cm³/mol. The number of hydrogen-bond donors (Lipinski definition) is 4. The van der Waals surface area contributed by atoms with Gasteiger partial charge in [0.1, 0.15) is 24.5 Å². The average molecular weight is 282 g/mol. The molecular formula is C12H14N2O6. The van der Waals surface area contributed by atoms with Gasteiger partial charge in [-0.15, -0.1) is 0 Å². The maximum Gasteiger partial charge on any atom is 0.330 e. The van der Waals surface area contributed by atoms with Gasteiger partial charge in [-0.05, 0) is 0 Å². The standard InChI is InChI=1S/C12H14N2O6/c15-3-1-2-7-5-14(12(19)13-11(7)18)10-4-8(17)9(6-16)20-10/h5,8-10,15-17H,3-4,6H2,(H,13,18,19)/t8?,9-,10-/m0/s1. The van der Waals surface area contributed by atoms with E-state index in [1.807, 2.05) is 0 Å². The van der Waals surface area contributed by atoms with E-state index in [1.54, 1.807) is 0 Å². The summed E-state index contributed by atoms with van der Waals surface area (Å²) in [7, 11) is 0. The number of nitrogens with zero attached hydrogens (tertiary/aromatic N) is 1. The van der Waals surface area contributed by atoms with Crippen LogP contribution < -0.4 is 11.2 Å². The number of nitrogens with one attached hydrogen (secondary N) is 1. The van der Waals surface area contributed by atoms with E-state index in [1.165, 1.54) is 6.20 Å². The number of H-pyrrole nitrogens is 1. The molecule has 0 aliphatic carbocycles. The Hall–Kier alpha value is -1.92. The third-order valence-corrected chi connectivity index (χ3v) is 2.96. The SMILES string of the molecule is O=c1[nH]c(=O)n([C@@H]2CC(O)[C@H](CO)O2)cc1C#CCO. The minimum atomic E-state index is -0.893. The summed E-state index contributed by atoms with van der Waals surface area (Å²) in [5, 5.41) is 27.3. The molecule has 4 N–H and O–H groups in total. The second kappa shape index (κ2) is 6.02. The number of hydrogen-bond acceptors (Lipinski definition) is 6. The molecule has 1 aliphatic heterocycles. The topological polar surface area (TPSA) is 125 Å². The van der Waals surface area contributed by atoms with Crippen molar-refractivity contribution >= 4 is 0 Å². The first kappa shape index (κ1) is 14.5. The molecule has 20 heavy (non-hydrogen) atoms. The minimum Gasteiger partial charge on any atom is -0.394 e. The number of aromatic amines is 1. The maximum absolute atomic E-state index is 11.7. The van der Waals surface area contributed by atoms with Crippen molar-refractivity contribution in [3.63, 3.8) is 0 Å². The normalized spacial score (nSPS) is 25.2. The molecule has 8 nitrogen and oxygen atoms in total. The Morgan fingerprint density at radius 3 is 2.80 bits per heavy atom. The Morgan fingerprint density at radius 2 is 2.20 bits per heavy atom. The smallest absolute Gasteiger partial charge is 0.330 e. The Morgan fingerprint density at radius 1 is 1.45 bits per heavy atom. The molecule has 1 fully saturated rings. The van der Waals surface area contributed by atoms with Crippen molar-refractivity contribution in [2.24, 2.45) is 0 Å². The number of aromatic nitrogens is 2. The van der Waals surface area contributed by atoms with Crippen LogP contribution in [0.1, 0.15) is 18.2 Å². The lowest BCUT2D eigenvalue weighted by molar-refractivity contribution is -0.0459. The van der Waals surface area contributed by atoms with Crippen LogP contribution in [0.3, 0.4) is 0 Å². The van der Waals surface area contributed by atoms with Gasteiger partial charge in [0, 0.05) is 12.6 Å². The van der Waals surface area contributed by atoms with Gasteiger partial charge in [-0.2, -0.15) is 0 Å². The summed E-state index contributed by atoms with van der Waals surface area (Å²) in [6.07, 6.45) is -1.13. The van der Waals surface area contributed by atoms with E-state index in [9.17, 15) is 14.7 Å². The van der Waals surface area contributed by atoms with Gasteiger partial charge in [-0.3, -0.25) is 14.3 Å². The quantitative estimate of drug-likeness (QED) is 0.445. The Kier molecular flexibility index (Phi) is 4.36. The summed E-state index contributed by atoms with van der Waals surface area (Å²) in [6, 6.07) is 0. The fourth-order valence-electron chi connectivity index (χ4n) is 1.97. The van der Waals surface area contributed by atoms with Crippen LogP contribution in [0.5, 0.6) is 0 Å². The second-order valence-electron chi connectivity index (χ2n) is 4.28. The molecule has 0 aromatic carbocycles. The monoisotopic (exact) mass is 282 g/mol. The first-order chi connectivity index (χ1) is 9.56. The summed E-state index contributed by atoms with van der Waals surface area (Å²) >= 11 is 0. The first-order valence-corrected chi connectivity index (χ1v) is 5.96. The van der Waals surface area contributed by atoms with Crippen LogP contribution >= 0.6 is 0 Å². The first-order valence-electron chi connectivity index (χ1n) is 5.96. The van der Waals surface area contributed by atoms with Crippen molar-refractivity contribution in [2.75, 3.05) is 13.2 Å². The summed E-state index contributed by atoms with van der Waals surface area (Å²) < 4.78 is 6.43. The van der Waals surface area contributed by atoms with Crippen molar-refractivity contribution in [1.82, 2.24) is 9.55 Å². The van der Waals surface area contributed by atoms with Crippen LogP contribution in [-0.2, 0) is 4.74 Å². The van der Waals surface area contributed by atoms with E-state index in [0.29, 0.717) is 0 Å². The zero-order valence-electron chi connectivity index (χ0n) is 10.4. The van der Waals surface area contributed by atoms with Crippen LogP contribution in [0.15, 0.2) is 15.8 Å². The molecular weight excluding hydrogens is 268 g/mol. The molecule has 1 aromatic rings. The van der Waals surface area contributed by atoms with Gasteiger partial charge in [0.25, 0.3) is 5.56 Å². The van der Waals surface area contributed by atoms with Crippen LogP contribution in [0.2, 0.25) is 0 Å². The highest BCUT2D eigenvalue weighted by Gasteiger charge is 2.35. The zero-order valence-corrected chi connectivity index (χ0v) is 10.4. The van der Waals surface area contributed by atoms with Gasteiger partial charge in [0.15, 0.2) is 0 Å². The van der Waals surface area contributed by atoms with Crippen LogP contribution in [0, 0.1) is 11.8 Å². The fourth-order valence-corrected chi connectivity index (χ4v) is 1.97. The lowest BCUT2D eigenvalue weighted by Gasteiger charge is -2.14. The summed E-state index contributed by atoms with van der Waals surface area (Å²) in [5.74, 6) is 4.73. The third kappa shape index (κ3) is 2.81. The van der Waals surface area contributed by atoms with Gasteiger partial charge in [-0.1, -0.05) is 11.8 Å². The molecule has 0 radical (unpaired) electrons. The molecule has 108 valence electrons. The van der Waals surface area contributed by atoms with Gasteiger partial charge < -0.3 is 20.1 Å². The summed E-state index contributed by atoms with van der Waals surface area (Å²) in [4.78, 5) is 25.3. The van der Waals surface area contributed by atoms with Gasteiger partial charge >= 0.3 is 5.69 Å². The lowest BCUT2D eigenvalue weighted by atomic mass is 10.2. The van der Waals surface area contributed by atoms with Gasteiger partial charge in [0.05, 0.1) is 12.7 Å². The summed E-state index contributed by atoms with van der Waals surface area (Å²) in [5.41, 5.74) is -1.35. The predicted octanol–water partition coefficient (Wildman–Crippen LogP) is -2.48. The number of rotatable bonds is 2. The average Bonchev–Trinajstić information content (AvgIpc) is 2.79. The van der Waals surface area contributed by atoms with Crippen LogP contribution in [0.25, 0.3) is 0 Å². The van der Waals surface area contributed by atoms with E-state index in [0.717, 1.165) is 4.57 Å². The third-order valence-electron chi connectivity index (χ3n) is 2.96. The maximum atomic E-state index is 11.7. The lowest BCUT2D eigenvalue weighted by Crippen LogP contribution is -2.33. The molecule has 8 heteroatoms. The molecule has 0 amide bonds. The van der Waals surface area contributed by atoms with Gasteiger partial charge in [-0.25, -0.2) is 4.79 Å². The van der Waals surface area contributed by atoms with Crippen molar-refractivity contribution in [3.05, 3.63) is 32.6 Å². The molecule has 0 bridgehead atoms. The molecule has 1 saturated heterocycles. The molecule has 1 aliphatic rings. The highest BCUT2D eigenvalue weighted by Crippen LogP contribution is 2.27. The Bertz CT molecular complexity index is 652. The van der Waals surface area contributed by atoms with E-state index >= 15 is 0 Å². The molecule has 2 rings (SSSR count). The largest absolute Gasteiger partial charge is 0.394 e. The zero-order chi connectivity index (χ0) is 14.7. The molecule has 3 atom stereocenters. The van der Waals surface area contributed by atoms with Crippen molar-refractivity contribution in [2.45, 2.75) is 24.9 Å². The number of ether oxygens (including phenoxy) is 1. The Balaban J connectivity index is 2.38. The molecule has 2 heterocycles. The van der Waals surface area contributed by atoms with Gasteiger partial charge in [0.2, 0.25) is 0 Å². The Labute approximate surface area is 113 Å². The summed E-state index contributed by atoms with van der Waals surface area (Å²) in [6.45, 7) is -0.781. The molecule has 0 spiro atoms. The molecule has 0 saturated carbocycles. The number of aliphatic hydroxyl groups is 3. The highest BCUT2D eigenvalue weighted by atomic mass is 16.5. The molecule has 1 aromatic heterocycles. The van der Waals surface area contributed by atoms with E-state index in [2.05, 4.69) is 16.8 Å². The highest BCUT2D eigenvalue weighted by molar-refractivity contribution is 5.29. The van der Waals surface area contributed by atoms with Crippen molar-refractivity contribution in [1.29, 1.82) is 0 Å².